The highest BCUT2D eigenvalue weighted by atomic mass is 16.3. The Kier molecular flexibility index (Phi) is 5.59. The van der Waals surface area contributed by atoms with E-state index >= 15 is 0 Å². The molecule has 2 amide bonds. The van der Waals surface area contributed by atoms with Crippen molar-refractivity contribution in [2.45, 2.75) is 38.2 Å². The first-order chi connectivity index (χ1) is 12.1. The van der Waals surface area contributed by atoms with Crippen LogP contribution in [0.3, 0.4) is 0 Å². The zero-order valence-electron chi connectivity index (χ0n) is 14.9. The molecule has 2 aliphatic rings. The van der Waals surface area contributed by atoms with E-state index in [4.69, 9.17) is 0 Å². The van der Waals surface area contributed by atoms with Gasteiger partial charge in [-0.05, 0) is 43.1 Å². The van der Waals surface area contributed by atoms with Crippen molar-refractivity contribution < 1.29 is 9.90 Å². The molecule has 0 saturated heterocycles. The molecular weight excluding hydrogens is 312 g/mol. The maximum atomic E-state index is 12.3. The minimum Gasteiger partial charge on any atom is -0.389 e. The van der Waals surface area contributed by atoms with Gasteiger partial charge in [0.1, 0.15) is 0 Å². The Morgan fingerprint density at radius 2 is 2.08 bits per heavy atom. The third kappa shape index (κ3) is 5.20. The van der Waals surface area contributed by atoms with Crippen LogP contribution in [0.5, 0.6) is 0 Å². The van der Waals surface area contributed by atoms with Gasteiger partial charge in [-0.25, -0.2) is 4.79 Å². The number of carbonyl (C=O) groups excluding carboxylic acids is 1. The summed E-state index contributed by atoms with van der Waals surface area (Å²) in [6.45, 7) is 1.45. The largest absolute Gasteiger partial charge is 0.389 e. The highest BCUT2D eigenvalue weighted by Crippen LogP contribution is 2.51. The molecule has 1 fully saturated rings. The van der Waals surface area contributed by atoms with Gasteiger partial charge < -0.3 is 15.3 Å². The Balaban J connectivity index is 1.42. The number of amides is 2. The van der Waals surface area contributed by atoms with Crippen LogP contribution in [-0.4, -0.2) is 42.3 Å². The van der Waals surface area contributed by atoms with Crippen LogP contribution in [0.15, 0.2) is 54.1 Å². The lowest BCUT2D eigenvalue weighted by Crippen LogP contribution is -2.41. The lowest BCUT2D eigenvalue weighted by atomic mass is 9.92. The lowest BCUT2D eigenvalue weighted by molar-refractivity contribution is 0.197. The quantitative estimate of drug-likeness (QED) is 0.800. The van der Waals surface area contributed by atoms with Gasteiger partial charge in [-0.15, -0.1) is 0 Å². The van der Waals surface area contributed by atoms with Crippen LogP contribution >= 0.6 is 0 Å². The van der Waals surface area contributed by atoms with Gasteiger partial charge in [0.05, 0.1) is 6.10 Å². The number of benzene rings is 1. The average molecular weight is 340 g/mol. The topological polar surface area (TPSA) is 52.6 Å². The van der Waals surface area contributed by atoms with Crippen LogP contribution in [0.1, 0.15) is 31.2 Å². The monoisotopic (exact) mass is 340 g/mol. The van der Waals surface area contributed by atoms with Crippen molar-refractivity contribution in [3.05, 3.63) is 59.7 Å². The third-order valence-corrected chi connectivity index (χ3v) is 5.14. The maximum absolute atomic E-state index is 12.3. The summed E-state index contributed by atoms with van der Waals surface area (Å²) in [4.78, 5) is 14.1. The zero-order valence-corrected chi connectivity index (χ0v) is 14.9. The Bertz CT molecular complexity index is 647. The number of nitrogens with one attached hydrogen (secondary N) is 1. The molecule has 3 rings (SSSR count). The van der Waals surface area contributed by atoms with Crippen molar-refractivity contribution in [1.29, 1.82) is 0 Å². The van der Waals surface area contributed by atoms with E-state index < -0.39 is 0 Å². The van der Waals surface area contributed by atoms with Crippen LogP contribution in [-0.2, 0) is 6.42 Å². The van der Waals surface area contributed by atoms with Crippen molar-refractivity contribution in [2.24, 2.45) is 5.41 Å². The molecule has 0 bridgehead atoms. The second-order valence-electron chi connectivity index (χ2n) is 7.44. The standard InChI is InChI=1S/C21H28N2O2/c1-23(20(25)22-14-11-17-5-3-2-4-6-17)16-21(12-13-21)15-18-7-9-19(24)10-8-18/h2-9,19,24H,10-16H2,1H3,(H,22,25). The summed E-state index contributed by atoms with van der Waals surface area (Å²) in [5.41, 5.74) is 2.76. The number of hydrogen-bond donors (Lipinski definition) is 2. The SMILES string of the molecule is CN(CC1(CC2=CCC(O)C=C2)CC1)C(=O)NCCc1ccccc1. The summed E-state index contributed by atoms with van der Waals surface area (Å²) in [7, 11) is 1.88. The number of aliphatic hydroxyl groups is 1. The fourth-order valence-corrected chi connectivity index (χ4v) is 3.45. The molecule has 0 heterocycles. The van der Waals surface area contributed by atoms with E-state index in [2.05, 4.69) is 23.5 Å². The highest BCUT2D eigenvalue weighted by molar-refractivity contribution is 5.73. The average Bonchev–Trinajstić information content (AvgIpc) is 3.37. The van der Waals surface area contributed by atoms with Gasteiger partial charge in [-0.2, -0.15) is 0 Å². The molecule has 2 aliphatic carbocycles. The van der Waals surface area contributed by atoms with Gasteiger partial charge in [0, 0.05) is 20.1 Å². The van der Waals surface area contributed by atoms with Crippen molar-refractivity contribution in [3.8, 4) is 0 Å². The van der Waals surface area contributed by atoms with Crippen LogP contribution < -0.4 is 5.32 Å². The van der Waals surface area contributed by atoms with E-state index in [0.717, 1.165) is 19.4 Å². The molecule has 0 aromatic heterocycles. The molecule has 134 valence electrons. The predicted octanol–water partition coefficient (Wildman–Crippen LogP) is 3.29. The first-order valence-electron chi connectivity index (χ1n) is 9.15. The normalized spacial score (nSPS) is 20.7. The molecule has 0 aliphatic heterocycles. The molecule has 1 aromatic rings. The van der Waals surface area contributed by atoms with Crippen molar-refractivity contribution >= 4 is 6.03 Å². The fourth-order valence-electron chi connectivity index (χ4n) is 3.45. The molecule has 0 spiro atoms. The number of carbonyl (C=O) groups is 1. The van der Waals surface area contributed by atoms with Crippen LogP contribution in [0, 0.1) is 5.41 Å². The maximum Gasteiger partial charge on any atom is 0.317 e. The summed E-state index contributed by atoms with van der Waals surface area (Å²) in [6.07, 6.45) is 10.6. The molecule has 2 N–H and O–H groups in total. The van der Waals surface area contributed by atoms with Gasteiger partial charge in [-0.1, -0.05) is 54.1 Å². The fraction of sp³-hybridized carbons (Fsp3) is 0.476. The highest BCUT2D eigenvalue weighted by Gasteiger charge is 2.44. The Hall–Kier alpha value is -2.07. The number of rotatable bonds is 7. The molecule has 1 atom stereocenters. The number of hydrogen-bond acceptors (Lipinski definition) is 2. The second-order valence-corrected chi connectivity index (χ2v) is 7.44. The summed E-state index contributed by atoms with van der Waals surface area (Å²) < 4.78 is 0. The van der Waals surface area contributed by atoms with Gasteiger partial charge in [0.25, 0.3) is 0 Å². The summed E-state index contributed by atoms with van der Waals surface area (Å²) in [5, 5.41) is 12.5. The molecule has 4 nitrogen and oxygen atoms in total. The molecular formula is C21H28N2O2. The van der Waals surface area contributed by atoms with Crippen molar-refractivity contribution in [1.82, 2.24) is 10.2 Å². The minimum absolute atomic E-state index is 0.00536. The minimum atomic E-state index is -0.336. The second kappa shape index (κ2) is 7.87. The van der Waals surface area contributed by atoms with E-state index in [1.54, 1.807) is 0 Å². The van der Waals surface area contributed by atoms with Crippen molar-refractivity contribution in [3.63, 3.8) is 0 Å². The number of aliphatic hydroxyl groups excluding tert-OH is 1. The Morgan fingerprint density at radius 1 is 1.32 bits per heavy atom. The van der Waals surface area contributed by atoms with Gasteiger partial charge in [0.2, 0.25) is 0 Å². The van der Waals surface area contributed by atoms with Crippen LogP contribution in [0.2, 0.25) is 0 Å². The number of nitrogens with zero attached hydrogens (tertiary/aromatic N) is 1. The summed E-state index contributed by atoms with van der Waals surface area (Å²) >= 11 is 0. The van der Waals surface area contributed by atoms with Gasteiger partial charge in [0.15, 0.2) is 0 Å². The Morgan fingerprint density at radius 3 is 2.72 bits per heavy atom. The third-order valence-electron chi connectivity index (χ3n) is 5.14. The lowest BCUT2D eigenvalue weighted by Gasteiger charge is -2.25. The molecule has 1 unspecified atom stereocenters. The van der Waals surface area contributed by atoms with Gasteiger partial charge >= 0.3 is 6.03 Å². The van der Waals surface area contributed by atoms with E-state index in [0.29, 0.717) is 13.0 Å². The predicted molar refractivity (Wildman–Crippen MR) is 100 cm³/mol. The van der Waals surface area contributed by atoms with E-state index in [-0.39, 0.29) is 17.6 Å². The summed E-state index contributed by atoms with van der Waals surface area (Å²) in [5.74, 6) is 0. The van der Waals surface area contributed by atoms with E-state index in [9.17, 15) is 9.90 Å². The summed E-state index contributed by atoms with van der Waals surface area (Å²) in [6, 6.07) is 10.2. The smallest absolute Gasteiger partial charge is 0.317 e. The Labute approximate surface area is 150 Å². The first-order valence-corrected chi connectivity index (χ1v) is 9.15. The number of allylic oxidation sites excluding steroid dienone is 2. The van der Waals surface area contributed by atoms with Crippen LogP contribution in [0.25, 0.3) is 0 Å². The van der Waals surface area contributed by atoms with E-state index in [1.807, 2.05) is 42.3 Å². The first kappa shape index (κ1) is 17.7. The van der Waals surface area contributed by atoms with Crippen LogP contribution in [0.4, 0.5) is 4.79 Å². The molecule has 0 radical (unpaired) electrons. The zero-order chi connectivity index (χ0) is 17.7. The van der Waals surface area contributed by atoms with Gasteiger partial charge in [-0.3, -0.25) is 0 Å². The number of urea groups is 1. The van der Waals surface area contributed by atoms with Crippen molar-refractivity contribution in [2.75, 3.05) is 20.1 Å². The molecule has 4 heteroatoms. The molecule has 1 aromatic carbocycles. The molecule has 25 heavy (non-hydrogen) atoms. The molecule has 1 saturated carbocycles. The van der Waals surface area contributed by atoms with E-state index in [1.165, 1.54) is 24.0 Å².